The van der Waals surface area contributed by atoms with Gasteiger partial charge in [0.1, 0.15) is 28.2 Å². The smallest absolute Gasteiger partial charge is 0.373 e. The SMILES string of the molecule is CS(=O)(=O)CCN1CCN(c2ncnc(Oc3ccc(-c4ccc(C=O)cc4)cc3)c2[N+](=O)[O-])CC1. The monoisotopic (exact) mass is 511 g/mol. The molecule has 11 nitrogen and oxygen atoms in total. The van der Waals surface area contributed by atoms with Crippen LogP contribution in [0.25, 0.3) is 11.1 Å². The molecule has 3 aromatic rings. The maximum absolute atomic E-state index is 12.0. The molecule has 0 radical (unpaired) electrons. The minimum Gasteiger partial charge on any atom is -0.434 e. The second-order valence-electron chi connectivity index (χ2n) is 8.43. The highest BCUT2D eigenvalue weighted by Crippen LogP contribution is 2.36. The van der Waals surface area contributed by atoms with Crippen molar-refractivity contribution in [2.45, 2.75) is 0 Å². The highest BCUT2D eigenvalue weighted by atomic mass is 32.2. The minimum atomic E-state index is -3.06. The Hall–Kier alpha value is -3.90. The van der Waals surface area contributed by atoms with Crippen molar-refractivity contribution in [2.24, 2.45) is 0 Å². The van der Waals surface area contributed by atoms with E-state index >= 15 is 0 Å². The fraction of sp³-hybridized carbons (Fsp3) is 0.292. The van der Waals surface area contributed by atoms with E-state index in [4.69, 9.17) is 4.74 Å². The Bertz CT molecular complexity index is 1340. The molecule has 1 saturated heterocycles. The normalized spacial score (nSPS) is 14.4. The van der Waals surface area contributed by atoms with Gasteiger partial charge >= 0.3 is 11.6 Å². The van der Waals surface area contributed by atoms with Crippen LogP contribution in [0.15, 0.2) is 54.9 Å². The van der Waals surface area contributed by atoms with Crippen molar-refractivity contribution in [3.63, 3.8) is 0 Å². The number of carbonyl (C=O) groups is 1. The standard InChI is InChI=1S/C24H25N5O6S/c1-36(33,34)15-14-27-10-12-28(13-11-27)23-22(29(31)32)24(26-17-25-23)35-21-8-6-20(7-9-21)19-4-2-18(16-30)3-5-19/h2-9,16-17H,10-15H2,1H3. The Morgan fingerprint density at radius 1 is 1.00 bits per heavy atom. The van der Waals surface area contributed by atoms with Gasteiger partial charge in [-0.05, 0) is 23.3 Å². The predicted molar refractivity (Wildman–Crippen MR) is 134 cm³/mol. The Kier molecular flexibility index (Phi) is 7.55. The summed E-state index contributed by atoms with van der Waals surface area (Å²) in [6.45, 7) is 2.45. The second-order valence-corrected chi connectivity index (χ2v) is 10.7. The van der Waals surface area contributed by atoms with Crippen LogP contribution in [0.3, 0.4) is 0 Å². The lowest BCUT2D eigenvalue weighted by Crippen LogP contribution is -2.48. The average molecular weight is 512 g/mol. The third-order valence-electron chi connectivity index (χ3n) is 5.85. The van der Waals surface area contributed by atoms with Crippen LogP contribution in [-0.4, -0.2) is 79.2 Å². The lowest BCUT2D eigenvalue weighted by Gasteiger charge is -2.34. The summed E-state index contributed by atoms with van der Waals surface area (Å²) < 4.78 is 28.6. The number of rotatable bonds is 9. The lowest BCUT2D eigenvalue weighted by molar-refractivity contribution is -0.385. The fourth-order valence-electron chi connectivity index (χ4n) is 3.88. The number of sulfone groups is 1. The van der Waals surface area contributed by atoms with Gasteiger partial charge in [0.25, 0.3) is 0 Å². The van der Waals surface area contributed by atoms with E-state index in [9.17, 15) is 23.3 Å². The molecule has 0 saturated carbocycles. The van der Waals surface area contributed by atoms with Crippen LogP contribution in [0.5, 0.6) is 11.6 Å². The van der Waals surface area contributed by atoms with Crippen LogP contribution in [0, 0.1) is 10.1 Å². The number of anilines is 1. The first kappa shape index (κ1) is 25.2. The van der Waals surface area contributed by atoms with Gasteiger partial charge in [0, 0.05) is 44.5 Å². The quantitative estimate of drug-likeness (QED) is 0.240. The maximum Gasteiger partial charge on any atom is 0.373 e. The molecule has 4 rings (SSSR count). The zero-order valence-corrected chi connectivity index (χ0v) is 20.4. The van der Waals surface area contributed by atoms with E-state index in [1.165, 1.54) is 12.6 Å². The molecule has 2 heterocycles. The van der Waals surface area contributed by atoms with Crippen molar-refractivity contribution in [3.8, 4) is 22.8 Å². The topological polar surface area (TPSA) is 136 Å². The summed E-state index contributed by atoms with van der Waals surface area (Å²) in [6, 6.07) is 14.1. The molecule has 0 spiro atoms. The summed E-state index contributed by atoms with van der Waals surface area (Å²) in [7, 11) is -3.06. The molecule has 2 aromatic carbocycles. The number of nitro groups is 1. The number of nitrogens with zero attached hydrogens (tertiary/aromatic N) is 5. The number of ether oxygens (including phenoxy) is 1. The second kappa shape index (κ2) is 10.8. The Balaban J connectivity index is 1.48. The van der Waals surface area contributed by atoms with Crippen LogP contribution < -0.4 is 9.64 Å². The molecule has 0 amide bonds. The average Bonchev–Trinajstić information content (AvgIpc) is 2.87. The Labute approximate surface area is 208 Å². The third-order valence-corrected chi connectivity index (χ3v) is 6.78. The molecule has 1 aromatic heterocycles. The van der Waals surface area contributed by atoms with Gasteiger partial charge < -0.3 is 9.64 Å². The van der Waals surface area contributed by atoms with Gasteiger partial charge in [-0.15, -0.1) is 0 Å². The van der Waals surface area contributed by atoms with E-state index in [0.717, 1.165) is 17.4 Å². The summed E-state index contributed by atoms with van der Waals surface area (Å²) in [6.07, 6.45) is 3.22. The molecule has 1 aliphatic heterocycles. The summed E-state index contributed by atoms with van der Waals surface area (Å²) in [5.74, 6) is 0.454. The van der Waals surface area contributed by atoms with Crippen LogP contribution in [0.2, 0.25) is 0 Å². The molecular weight excluding hydrogens is 486 g/mol. The van der Waals surface area contributed by atoms with E-state index in [-0.39, 0.29) is 23.1 Å². The number of hydrogen-bond donors (Lipinski definition) is 0. The molecule has 36 heavy (non-hydrogen) atoms. The first-order valence-corrected chi connectivity index (χ1v) is 13.3. The first-order valence-electron chi connectivity index (χ1n) is 11.2. The van der Waals surface area contributed by atoms with Crippen LogP contribution in [-0.2, 0) is 9.84 Å². The molecule has 1 aliphatic rings. The van der Waals surface area contributed by atoms with E-state index in [0.29, 0.717) is 44.0 Å². The highest BCUT2D eigenvalue weighted by molar-refractivity contribution is 7.90. The summed E-state index contributed by atoms with van der Waals surface area (Å²) >= 11 is 0. The van der Waals surface area contributed by atoms with Crippen molar-refractivity contribution in [1.29, 1.82) is 0 Å². The highest BCUT2D eigenvalue weighted by Gasteiger charge is 2.30. The Morgan fingerprint density at radius 3 is 2.17 bits per heavy atom. The molecule has 12 heteroatoms. The van der Waals surface area contributed by atoms with Gasteiger partial charge in [0.15, 0.2) is 0 Å². The van der Waals surface area contributed by atoms with Gasteiger partial charge in [0.05, 0.1) is 10.7 Å². The molecule has 1 fully saturated rings. The third kappa shape index (κ3) is 6.20. The minimum absolute atomic E-state index is 0.0709. The van der Waals surface area contributed by atoms with E-state index in [1.807, 2.05) is 29.2 Å². The van der Waals surface area contributed by atoms with Crippen molar-refractivity contribution >= 4 is 27.6 Å². The number of aromatic nitrogens is 2. The van der Waals surface area contributed by atoms with Crippen LogP contribution >= 0.6 is 0 Å². The number of carbonyl (C=O) groups excluding carboxylic acids is 1. The van der Waals surface area contributed by atoms with E-state index < -0.39 is 14.8 Å². The molecule has 0 aliphatic carbocycles. The lowest BCUT2D eigenvalue weighted by atomic mass is 10.0. The van der Waals surface area contributed by atoms with Crippen molar-refractivity contribution in [3.05, 3.63) is 70.5 Å². The van der Waals surface area contributed by atoms with Gasteiger partial charge in [-0.1, -0.05) is 36.4 Å². The molecular formula is C24H25N5O6S. The molecule has 0 N–H and O–H groups in total. The van der Waals surface area contributed by atoms with Crippen molar-refractivity contribution in [2.75, 3.05) is 49.6 Å². The van der Waals surface area contributed by atoms with E-state index in [2.05, 4.69) is 9.97 Å². The maximum atomic E-state index is 12.0. The fourth-order valence-corrected chi connectivity index (χ4v) is 4.47. The van der Waals surface area contributed by atoms with Crippen molar-refractivity contribution in [1.82, 2.24) is 14.9 Å². The Morgan fingerprint density at radius 2 is 1.61 bits per heavy atom. The largest absolute Gasteiger partial charge is 0.434 e. The molecule has 188 valence electrons. The van der Waals surface area contributed by atoms with Crippen LogP contribution in [0.1, 0.15) is 10.4 Å². The van der Waals surface area contributed by atoms with Gasteiger partial charge in [-0.3, -0.25) is 19.8 Å². The molecule has 0 atom stereocenters. The van der Waals surface area contributed by atoms with Gasteiger partial charge in [-0.2, -0.15) is 4.98 Å². The number of benzene rings is 2. The summed E-state index contributed by atoms with van der Waals surface area (Å²) in [4.78, 5) is 34.2. The number of aldehydes is 1. The zero-order valence-electron chi connectivity index (χ0n) is 19.6. The number of piperazine rings is 1. The van der Waals surface area contributed by atoms with Crippen LogP contribution in [0.4, 0.5) is 11.5 Å². The first-order chi connectivity index (χ1) is 17.2. The summed E-state index contributed by atoms with van der Waals surface area (Å²) in [5.41, 5.74) is 2.07. The molecule has 0 bridgehead atoms. The van der Waals surface area contributed by atoms with E-state index in [1.54, 1.807) is 29.2 Å². The number of hydrogen-bond acceptors (Lipinski definition) is 10. The van der Waals surface area contributed by atoms with Gasteiger partial charge in [-0.25, -0.2) is 13.4 Å². The predicted octanol–water partition coefficient (Wildman–Crippen LogP) is 2.82. The molecule has 0 unspecified atom stereocenters. The zero-order chi connectivity index (χ0) is 25.7. The van der Waals surface area contributed by atoms with Crippen molar-refractivity contribution < 1.29 is 22.9 Å². The van der Waals surface area contributed by atoms with Gasteiger partial charge in [0.2, 0.25) is 5.82 Å². The summed E-state index contributed by atoms with van der Waals surface area (Å²) in [5, 5.41) is 12.0.